The number of hydrogen-bond donors (Lipinski definition) is 2. The molecule has 1 atom stereocenters. The molecule has 1 rings (SSSR count). The first-order valence-electron chi connectivity index (χ1n) is 5.09. The Labute approximate surface area is 97.9 Å². The number of benzene rings is 1. The van der Waals surface area contributed by atoms with Crippen LogP contribution in [-0.4, -0.2) is 11.7 Å². The van der Waals surface area contributed by atoms with E-state index in [4.69, 9.17) is 10.8 Å². The van der Waals surface area contributed by atoms with Crippen LogP contribution >= 0.6 is 12.4 Å². The van der Waals surface area contributed by atoms with Gasteiger partial charge in [-0.2, -0.15) is 0 Å². The molecule has 0 radical (unpaired) electrons. The third kappa shape index (κ3) is 3.82. The summed E-state index contributed by atoms with van der Waals surface area (Å²) in [6, 6.07) is 6.28. The highest BCUT2D eigenvalue weighted by molar-refractivity contribution is 5.85. The number of aliphatic hydroxyl groups excluding tert-OH is 1. The van der Waals surface area contributed by atoms with E-state index < -0.39 is 0 Å². The molecule has 1 aromatic rings. The largest absolute Gasteiger partial charge is 0.396 e. The van der Waals surface area contributed by atoms with Gasteiger partial charge in [-0.05, 0) is 43.4 Å². The molecule has 3 N–H and O–H groups in total. The van der Waals surface area contributed by atoms with E-state index >= 15 is 0 Å². The summed E-state index contributed by atoms with van der Waals surface area (Å²) in [6.45, 7) is 4.39. The molecule has 0 saturated carbocycles. The van der Waals surface area contributed by atoms with Gasteiger partial charge in [-0.3, -0.25) is 0 Å². The van der Waals surface area contributed by atoms with E-state index in [0.717, 1.165) is 12.8 Å². The Kier molecular flexibility index (Phi) is 6.57. The van der Waals surface area contributed by atoms with Gasteiger partial charge in [0.1, 0.15) is 0 Å². The van der Waals surface area contributed by atoms with Crippen molar-refractivity contribution in [3.8, 4) is 0 Å². The molecule has 0 fully saturated rings. The van der Waals surface area contributed by atoms with E-state index in [1.165, 1.54) is 16.7 Å². The maximum atomic E-state index is 8.75. The van der Waals surface area contributed by atoms with Crippen molar-refractivity contribution in [1.29, 1.82) is 0 Å². The van der Waals surface area contributed by atoms with Gasteiger partial charge in [0.05, 0.1) is 0 Å². The summed E-state index contributed by atoms with van der Waals surface area (Å²) in [4.78, 5) is 0. The molecule has 0 spiro atoms. The molecule has 3 heteroatoms. The normalized spacial score (nSPS) is 12.0. The standard InChI is InChI=1S/C12H19NO.ClH/c1-9-5-3-6-10(2)12(9)11(13)7-4-8-14;/h3,5-6,11,14H,4,7-8,13H2,1-2H3;1H/t11-;/m1./s1. The second kappa shape index (κ2) is 6.83. The van der Waals surface area contributed by atoms with Crippen LogP contribution in [0.15, 0.2) is 18.2 Å². The van der Waals surface area contributed by atoms with Crippen molar-refractivity contribution in [3.63, 3.8) is 0 Å². The van der Waals surface area contributed by atoms with Gasteiger partial charge in [0, 0.05) is 12.6 Å². The molecule has 0 saturated heterocycles. The molecule has 2 nitrogen and oxygen atoms in total. The summed E-state index contributed by atoms with van der Waals surface area (Å²) in [5.74, 6) is 0. The third-order valence-electron chi connectivity index (χ3n) is 2.59. The minimum atomic E-state index is 0. The van der Waals surface area contributed by atoms with E-state index in [0.29, 0.717) is 0 Å². The smallest absolute Gasteiger partial charge is 0.0431 e. The Morgan fingerprint density at radius 3 is 2.27 bits per heavy atom. The van der Waals surface area contributed by atoms with Crippen LogP contribution < -0.4 is 5.73 Å². The van der Waals surface area contributed by atoms with E-state index in [9.17, 15) is 0 Å². The molecule has 0 unspecified atom stereocenters. The van der Waals surface area contributed by atoms with Crippen LogP contribution in [0.4, 0.5) is 0 Å². The summed E-state index contributed by atoms with van der Waals surface area (Å²) < 4.78 is 0. The second-order valence-electron chi connectivity index (χ2n) is 3.78. The zero-order valence-electron chi connectivity index (χ0n) is 9.36. The predicted octanol–water partition coefficient (Wildman–Crippen LogP) is 2.50. The van der Waals surface area contributed by atoms with Crippen LogP contribution in [0.3, 0.4) is 0 Å². The number of rotatable bonds is 4. The first kappa shape index (κ1) is 14.4. The van der Waals surface area contributed by atoms with Gasteiger partial charge in [-0.25, -0.2) is 0 Å². The van der Waals surface area contributed by atoms with Gasteiger partial charge < -0.3 is 10.8 Å². The quantitative estimate of drug-likeness (QED) is 0.834. The van der Waals surface area contributed by atoms with Gasteiger partial charge in [-0.1, -0.05) is 18.2 Å². The van der Waals surface area contributed by atoms with Gasteiger partial charge in [-0.15, -0.1) is 12.4 Å². The van der Waals surface area contributed by atoms with Crippen LogP contribution in [0, 0.1) is 13.8 Å². The third-order valence-corrected chi connectivity index (χ3v) is 2.59. The van der Waals surface area contributed by atoms with Crippen LogP contribution in [0.1, 0.15) is 35.6 Å². The summed E-state index contributed by atoms with van der Waals surface area (Å²) in [6.07, 6.45) is 1.62. The highest BCUT2D eigenvalue weighted by Gasteiger charge is 2.10. The average molecular weight is 230 g/mol. The number of hydrogen-bond acceptors (Lipinski definition) is 2. The van der Waals surface area contributed by atoms with Gasteiger partial charge in [0.2, 0.25) is 0 Å². The molecule has 0 aliphatic carbocycles. The maximum Gasteiger partial charge on any atom is 0.0431 e. The van der Waals surface area contributed by atoms with Crippen molar-refractivity contribution in [3.05, 3.63) is 34.9 Å². The van der Waals surface area contributed by atoms with Crippen LogP contribution in [0.2, 0.25) is 0 Å². The number of halogens is 1. The number of nitrogens with two attached hydrogens (primary N) is 1. The molecule has 86 valence electrons. The summed E-state index contributed by atoms with van der Waals surface area (Å²) in [7, 11) is 0. The number of aliphatic hydroxyl groups is 1. The molecule has 0 heterocycles. The van der Waals surface area contributed by atoms with Crippen LogP contribution in [0.25, 0.3) is 0 Å². The van der Waals surface area contributed by atoms with Crippen molar-refractivity contribution >= 4 is 12.4 Å². The Bertz CT molecular complexity index is 281. The SMILES string of the molecule is Cc1cccc(C)c1[C@H](N)CCCO.Cl. The first-order valence-corrected chi connectivity index (χ1v) is 5.09. The zero-order chi connectivity index (χ0) is 10.6. The Hall–Kier alpha value is -0.570. The van der Waals surface area contributed by atoms with E-state index in [1.807, 2.05) is 6.07 Å². The lowest BCUT2D eigenvalue weighted by molar-refractivity contribution is 0.280. The second-order valence-corrected chi connectivity index (χ2v) is 3.78. The van der Waals surface area contributed by atoms with Crippen molar-refractivity contribution in [2.45, 2.75) is 32.7 Å². The van der Waals surface area contributed by atoms with Crippen LogP contribution in [0.5, 0.6) is 0 Å². The topological polar surface area (TPSA) is 46.2 Å². The summed E-state index contributed by atoms with van der Waals surface area (Å²) in [5, 5.41) is 8.75. The monoisotopic (exact) mass is 229 g/mol. The fourth-order valence-corrected chi connectivity index (χ4v) is 1.87. The number of aryl methyl sites for hydroxylation is 2. The minimum absolute atomic E-state index is 0. The fourth-order valence-electron chi connectivity index (χ4n) is 1.87. The molecule has 1 aromatic carbocycles. The van der Waals surface area contributed by atoms with Gasteiger partial charge >= 0.3 is 0 Å². The Balaban J connectivity index is 0.00000196. The van der Waals surface area contributed by atoms with Crippen molar-refractivity contribution in [1.82, 2.24) is 0 Å². The minimum Gasteiger partial charge on any atom is -0.396 e. The highest BCUT2D eigenvalue weighted by atomic mass is 35.5. The zero-order valence-corrected chi connectivity index (χ0v) is 10.2. The van der Waals surface area contributed by atoms with Crippen molar-refractivity contribution in [2.75, 3.05) is 6.61 Å². The van der Waals surface area contributed by atoms with Crippen molar-refractivity contribution < 1.29 is 5.11 Å². The molecule has 15 heavy (non-hydrogen) atoms. The Morgan fingerprint density at radius 1 is 1.27 bits per heavy atom. The molecule has 0 bridgehead atoms. The van der Waals surface area contributed by atoms with E-state index in [2.05, 4.69) is 26.0 Å². The molecular weight excluding hydrogens is 210 g/mol. The molecule has 0 aliphatic rings. The van der Waals surface area contributed by atoms with Gasteiger partial charge in [0.15, 0.2) is 0 Å². The van der Waals surface area contributed by atoms with Crippen LogP contribution in [-0.2, 0) is 0 Å². The first-order chi connectivity index (χ1) is 6.66. The highest BCUT2D eigenvalue weighted by Crippen LogP contribution is 2.23. The predicted molar refractivity (Wildman–Crippen MR) is 66.4 cm³/mol. The lowest BCUT2D eigenvalue weighted by atomic mass is 9.94. The van der Waals surface area contributed by atoms with E-state index in [-0.39, 0.29) is 25.1 Å². The fraction of sp³-hybridized carbons (Fsp3) is 0.500. The lowest BCUT2D eigenvalue weighted by Gasteiger charge is -2.16. The van der Waals surface area contributed by atoms with Gasteiger partial charge in [0.25, 0.3) is 0 Å². The summed E-state index contributed by atoms with van der Waals surface area (Å²) >= 11 is 0. The maximum absolute atomic E-state index is 8.75. The lowest BCUT2D eigenvalue weighted by Crippen LogP contribution is -2.13. The van der Waals surface area contributed by atoms with Crippen molar-refractivity contribution in [2.24, 2.45) is 5.73 Å². The molecule has 0 aromatic heterocycles. The average Bonchev–Trinajstić information content (AvgIpc) is 2.14. The Morgan fingerprint density at radius 2 is 1.80 bits per heavy atom. The molecular formula is C12H20ClNO. The molecule has 0 aliphatic heterocycles. The summed E-state index contributed by atoms with van der Waals surface area (Å²) in [5.41, 5.74) is 9.80. The molecule has 0 amide bonds. The van der Waals surface area contributed by atoms with E-state index in [1.54, 1.807) is 0 Å².